The van der Waals surface area contributed by atoms with E-state index in [1.165, 1.54) is 11.1 Å². The first kappa shape index (κ1) is 7.81. The molecule has 1 nitrogen and oxygen atoms in total. The maximum absolute atomic E-state index is 9.62. The summed E-state index contributed by atoms with van der Waals surface area (Å²) in [7, 11) is 0. The monoisotopic (exact) mass is 162 g/mol. The smallest absolute Gasteiger partial charge is 0.0609 e. The predicted molar refractivity (Wildman–Crippen MR) is 49.2 cm³/mol. The van der Waals surface area contributed by atoms with Crippen LogP contribution in [-0.2, 0) is 6.42 Å². The zero-order chi connectivity index (χ0) is 8.55. The van der Waals surface area contributed by atoms with Gasteiger partial charge in [-0.3, -0.25) is 0 Å². The maximum atomic E-state index is 9.62. The van der Waals surface area contributed by atoms with Gasteiger partial charge in [0.1, 0.15) is 0 Å². The van der Waals surface area contributed by atoms with E-state index < -0.39 is 0 Å². The van der Waals surface area contributed by atoms with Crippen molar-refractivity contribution in [3.8, 4) is 0 Å². The predicted octanol–water partition coefficient (Wildman–Crippen LogP) is 2.10. The first-order valence-electron chi connectivity index (χ1n) is 4.58. The molecule has 2 rings (SSSR count). The van der Waals surface area contributed by atoms with Gasteiger partial charge in [-0.25, -0.2) is 0 Å². The molecule has 0 saturated carbocycles. The number of fused-ring (bicyclic) bond motifs is 1. The van der Waals surface area contributed by atoms with Crippen LogP contribution in [0.4, 0.5) is 0 Å². The Morgan fingerprint density at radius 1 is 1.50 bits per heavy atom. The van der Waals surface area contributed by atoms with E-state index in [0.717, 1.165) is 12.8 Å². The molecule has 0 bridgehead atoms. The fourth-order valence-corrected chi connectivity index (χ4v) is 1.93. The first-order valence-corrected chi connectivity index (χ1v) is 4.58. The van der Waals surface area contributed by atoms with Crippen molar-refractivity contribution in [3.05, 3.63) is 35.4 Å². The molecule has 1 unspecified atom stereocenters. The highest BCUT2D eigenvalue weighted by Crippen LogP contribution is 2.37. The number of hydrogen-bond acceptors (Lipinski definition) is 1. The van der Waals surface area contributed by atoms with E-state index in [4.69, 9.17) is 0 Å². The molecule has 1 N–H and O–H groups in total. The van der Waals surface area contributed by atoms with Crippen molar-refractivity contribution < 1.29 is 5.11 Å². The zero-order valence-corrected chi connectivity index (χ0v) is 7.33. The van der Waals surface area contributed by atoms with Gasteiger partial charge in [-0.05, 0) is 24.0 Å². The van der Waals surface area contributed by atoms with Crippen molar-refractivity contribution in [2.24, 2.45) is 0 Å². The second-order valence-electron chi connectivity index (χ2n) is 3.49. The lowest BCUT2D eigenvalue weighted by Gasteiger charge is -2.33. The highest BCUT2D eigenvalue weighted by atomic mass is 16.3. The van der Waals surface area contributed by atoms with Gasteiger partial charge in [0.2, 0.25) is 0 Å². The minimum absolute atomic E-state index is 0.139. The molecule has 0 heterocycles. The van der Waals surface area contributed by atoms with E-state index in [9.17, 15) is 5.11 Å². The molecular weight excluding hydrogens is 148 g/mol. The summed E-state index contributed by atoms with van der Waals surface area (Å²) in [5, 5.41) is 9.62. The van der Waals surface area contributed by atoms with Gasteiger partial charge in [0.05, 0.1) is 6.10 Å². The molecule has 12 heavy (non-hydrogen) atoms. The third kappa shape index (κ3) is 1.05. The average molecular weight is 162 g/mol. The van der Waals surface area contributed by atoms with Gasteiger partial charge in [-0.1, -0.05) is 31.2 Å². The van der Waals surface area contributed by atoms with Crippen LogP contribution in [0.3, 0.4) is 0 Å². The molecule has 1 aromatic rings. The van der Waals surface area contributed by atoms with Crippen LogP contribution >= 0.6 is 0 Å². The SMILES string of the molecule is CC[C@H](O)C1Cc2ccccc21. The molecule has 0 spiro atoms. The van der Waals surface area contributed by atoms with E-state index in [1.54, 1.807) is 0 Å². The van der Waals surface area contributed by atoms with E-state index in [0.29, 0.717) is 5.92 Å². The van der Waals surface area contributed by atoms with Crippen LogP contribution in [0.1, 0.15) is 30.4 Å². The minimum atomic E-state index is -0.139. The summed E-state index contributed by atoms with van der Waals surface area (Å²) in [6, 6.07) is 8.39. The third-order valence-electron chi connectivity index (χ3n) is 2.78. The molecule has 0 amide bonds. The van der Waals surface area contributed by atoms with Crippen LogP contribution in [0.25, 0.3) is 0 Å². The normalized spacial score (nSPS) is 22.7. The number of aliphatic hydroxyl groups excluding tert-OH is 1. The molecule has 0 aromatic heterocycles. The van der Waals surface area contributed by atoms with Crippen molar-refractivity contribution in [3.63, 3.8) is 0 Å². The number of benzene rings is 1. The second kappa shape index (κ2) is 2.91. The van der Waals surface area contributed by atoms with Crippen molar-refractivity contribution in [1.29, 1.82) is 0 Å². The summed E-state index contributed by atoms with van der Waals surface area (Å²) in [5.74, 6) is 0.409. The molecule has 0 fully saturated rings. The Kier molecular flexibility index (Phi) is 1.89. The van der Waals surface area contributed by atoms with Crippen LogP contribution < -0.4 is 0 Å². The van der Waals surface area contributed by atoms with E-state index in [1.807, 2.05) is 13.0 Å². The Bertz CT molecular complexity index is 280. The van der Waals surface area contributed by atoms with Crippen LogP contribution in [0.5, 0.6) is 0 Å². The van der Waals surface area contributed by atoms with Crippen molar-refractivity contribution in [1.82, 2.24) is 0 Å². The van der Waals surface area contributed by atoms with Crippen LogP contribution in [0.2, 0.25) is 0 Å². The molecule has 1 heteroatoms. The van der Waals surface area contributed by atoms with Gasteiger partial charge in [-0.2, -0.15) is 0 Å². The number of rotatable bonds is 2. The zero-order valence-electron chi connectivity index (χ0n) is 7.33. The Labute approximate surface area is 73.0 Å². The summed E-state index contributed by atoms with van der Waals surface area (Å²) >= 11 is 0. The fourth-order valence-electron chi connectivity index (χ4n) is 1.93. The molecule has 0 radical (unpaired) electrons. The van der Waals surface area contributed by atoms with Crippen molar-refractivity contribution >= 4 is 0 Å². The van der Waals surface area contributed by atoms with Gasteiger partial charge >= 0.3 is 0 Å². The minimum Gasteiger partial charge on any atom is -0.392 e. The molecule has 1 aromatic carbocycles. The molecule has 0 saturated heterocycles. The van der Waals surface area contributed by atoms with Gasteiger partial charge in [-0.15, -0.1) is 0 Å². The maximum Gasteiger partial charge on any atom is 0.0609 e. The van der Waals surface area contributed by atoms with Gasteiger partial charge in [0, 0.05) is 5.92 Å². The van der Waals surface area contributed by atoms with Crippen molar-refractivity contribution in [2.45, 2.75) is 31.8 Å². The fraction of sp³-hybridized carbons (Fsp3) is 0.455. The first-order chi connectivity index (χ1) is 5.83. The largest absolute Gasteiger partial charge is 0.392 e. The van der Waals surface area contributed by atoms with Crippen LogP contribution in [0.15, 0.2) is 24.3 Å². The highest BCUT2D eigenvalue weighted by Gasteiger charge is 2.30. The molecule has 1 aliphatic carbocycles. The molecular formula is C11H14O. The second-order valence-corrected chi connectivity index (χ2v) is 3.49. The van der Waals surface area contributed by atoms with Crippen LogP contribution in [-0.4, -0.2) is 11.2 Å². The lowest BCUT2D eigenvalue weighted by Crippen LogP contribution is -2.28. The quantitative estimate of drug-likeness (QED) is 0.706. The Balaban J connectivity index is 2.19. The summed E-state index contributed by atoms with van der Waals surface area (Å²) in [5.41, 5.74) is 2.77. The summed E-state index contributed by atoms with van der Waals surface area (Å²) < 4.78 is 0. The Morgan fingerprint density at radius 3 is 2.92 bits per heavy atom. The van der Waals surface area contributed by atoms with E-state index in [-0.39, 0.29) is 6.10 Å². The Hall–Kier alpha value is -0.820. The van der Waals surface area contributed by atoms with Crippen molar-refractivity contribution in [2.75, 3.05) is 0 Å². The topological polar surface area (TPSA) is 20.2 Å². The summed E-state index contributed by atoms with van der Waals surface area (Å²) in [6.07, 6.45) is 1.78. The highest BCUT2D eigenvalue weighted by molar-refractivity contribution is 5.40. The summed E-state index contributed by atoms with van der Waals surface area (Å²) in [6.45, 7) is 2.03. The van der Waals surface area contributed by atoms with E-state index in [2.05, 4.69) is 18.2 Å². The average Bonchev–Trinajstić information content (AvgIpc) is 2.07. The Morgan fingerprint density at radius 2 is 2.25 bits per heavy atom. The lowest BCUT2D eigenvalue weighted by atomic mass is 9.74. The van der Waals surface area contributed by atoms with E-state index >= 15 is 0 Å². The number of hydrogen-bond donors (Lipinski definition) is 1. The molecule has 1 aliphatic rings. The molecule has 2 atom stereocenters. The molecule has 0 aliphatic heterocycles. The van der Waals surface area contributed by atoms with Gasteiger partial charge < -0.3 is 5.11 Å². The van der Waals surface area contributed by atoms with Gasteiger partial charge in [0.15, 0.2) is 0 Å². The lowest BCUT2D eigenvalue weighted by molar-refractivity contribution is 0.129. The standard InChI is InChI=1S/C11H14O/c1-2-11(12)10-7-8-5-3-4-6-9(8)10/h3-6,10-12H,2,7H2,1H3/t10?,11-/m0/s1. The van der Waals surface area contributed by atoms with Gasteiger partial charge in [0.25, 0.3) is 0 Å². The summed E-state index contributed by atoms with van der Waals surface area (Å²) in [4.78, 5) is 0. The molecule has 64 valence electrons. The van der Waals surface area contributed by atoms with Crippen LogP contribution in [0, 0.1) is 0 Å². The third-order valence-corrected chi connectivity index (χ3v) is 2.78. The number of aliphatic hydroxyl groups is 1.